The maximum atomic E-state index is 6.23. The summed E-state index contributed by atoms with van der Waals surface area (Å²) in [6.45, 7) is 5.55. The largest absolute Gasteiger partial charge is 0.489 e. The van der Waals surface area contributed by atoms with Crippen LogP contribution in [-0.4, -0.2) is 26.3 Å². The Morgan fingerprint density at radius 2 is 2.06 bits per heavy atom. The zero-order valence-electron chi connectivity index (χ0n) is 10.8. The van der Waals surface area contributed by atoms with Crippen molar-refractivity contribution < 1.29 is 9.47 Å². The third-order valence-corrected chi connectivity index (χ3v) is 3.16. The van der Waals surface area contributed by atoms with Crippen molar-refractivity contribution in [2.24, 2.45) is 0 Å². The molecule has 0 saturated carbocycles. The number of benzene rings is 1. The maximum Gasteiger partial charge on any atom is 0.179 e. The van der Waals surface area contributed by atoms with Crippen LogP contribution in [0.5, 0.6) is 11.5 Å². The van der Waals surface area contributed by atoms with E-state index in [1.807, 2.05) is 12.1 Å². The molecule has 1 heterocycles. The predicted octanol–water partition coefficient (Wildman–Crippen LogP) is 3.04. The number of hydrogen-bond acceptors (Lipinski definition) is 3. The third-order valence-electron chi connectivity index (χ3n) is 2.88. The van der Waals surface area contributed by atoms with Gasteiger partial charge in [0.25, 0.3) is 0 Å². The molecule has 1 aliphatic rings. The maximum absolute atomic E-state index is 6.23. The number of fused-ring (bicyclic) bond motifs is 1. The van der Waals surface area contributed by atoms with Gasteiger partial charge in [0, 0.05) is 6.42 Å². The highest BCUT2D eigenvalue weighted by molar-refractivity contribution is 6.32. The van der Waals surface area contributed by atoms with E-state index in [9.17, 15) is 0 Å². The average Bonchev–Trinajstić information content (AvgIpc) is 2.60. The highest BCUT2D eigenvalue weighted by atomic mass is 35.5. The average molecular weight is 270 g/mol. The van der Waals surface area contributed by atoms with Gasteiger partial charge in [-0.25, -0.2) is 0 Å². The smallest absolute Gasteiger partial charge is 0.179 e. The second kappa shape index (κ2) is 6.86. The molecule has 0 spiro atoms. The predicted molar refractivity (Wildman–Crippen MR) is 73.9 cm³/mol. The first kappa shape index (κ1) is 13.5. The summed E-state index contributed by atoms with van der Waals surface area (Å²) < 4.78 is 11.3. The minimum Gasteiger partial charge on any atom is -0.489 e. The molecule has 0 atom stereocenters. The molecule has 0 aliphatic carbocycles. The van der Waals surface area contributed by atoms with Gasteiger partial charge in [0.15, 0.2) is 11.5 Å². The van der Waals surface area contributed by atoms with Crippen molar-refractivity contribution in [3.63, 3.8) is 0 Å². The second-order valence-corrected chi connectivity index (χ2v) is 4.86. The first-order valence-corrected chi connectivity index (χ1v) is 6.98. The Kier molecular flexibility index (Phi) is 5.14. The summed E-state index contributed by atoms with van der Waals surface area (Å²) in [6, 6.07) is 4.02. The molecule has 1 aromatic rings. The van der Waals surface area contributed by atoms with Crippen LogP contribution in [-0.2, 0) is 6.42 Å². The van der Waals surface area contributed by atoms with E-state index in [0.717, 1.165) is 38.1 Å². The SMILES string of the molecule is CCCNCCc1cc(Cl)c2c(c1)OCCCO2. The zero-order valence-corrected chi connectivity index (χ0v) is 11.6. The van der Waals surface area contributed by atoms with E-state index in [1.165, 1.54) is 5.56 Å². The number of ether oxygens (including phenoxy) is 2. The standard InChI is InChI=1S/C14H20ClNO2/c1-2-5-16-6-4-11-9-12(15)14-13(10-11)17-7-3-8-18-14/h9-10,16H,2-8H2,1H3. The molecule has 1 N–H and O–H groups in total. The number of halogens is 1. The second-order valence-electron chi connectivity index (χ2n) is 4.46. The van der Waals surface area contributed by atoms with Gasteiger partial charge in [-0.15, -0.1) is 0 Å². The molecule has 0 bridgehead atoms. The van der Waals surface area contributed by atoms with Crippen molar-refractivity contribution in [1.29, 1.82) is 0 Å². The van der Waals surface area contributed by atoms with Gasteiger partial charge in [0.2, 0.25) is 0 Å². The van der Waals surface area contributed by atoms with Crippen LogP contribution >= 0.6 is 11.6 Å². The monoisotopic (exact) mass is 269 g/mol. The Hall–Kier alpha value is -0.930. The Morgan fingerprint density at radius 1 is 1.22 bits per heavy atom. The van der Waals surface area contributed by atoms with Gasteiger partial charge in [-0.2, -0.15) is 0 Å². The lowest BCUT2D eigenvalue weighted by molar-refractivity contribution is 0.297. The Balaban J connectivity index is 2.04. The van der Waals surface area contributed by atoms with Crippen molar-refractivity contribution in [3.8, 4) is 11.5 Å². The summed E-state index contributed by atoms with van der Waals surface area (Å²) in [7, 11) is 0. The fraction of sp³-hybridized carbons (Fsp3) is 0.571. The van der Waals surface area contributed by atoms with Crippen LogP contribution in [0.2, 0.25) is 5.02 Å². The number of rotatable bonds is 5. The molecule has 1 aliphatic heterocycles. The molecule has 0 unspecified atom stereocenters. The third kappa shape index (κ3) is 3.53. The van der Waals surface area contributed by atoms with E-state index in [1.54, 1.807) is 0 Å². The minimum atomic E-state index is 0.653. The molecule has 0 amide bonds. The number of hydrogen-bond donors (Lipinski definition) is 1. The summed E-state index contributed by atoms with van der Waals surface area (Å²) >= 11 is 6.23. The van der Waals surface area contributed by atoms with Crippen molar-refractivity contribution in [2.75, 3.05) is 26.3 Å². The van der Waals surface area contributed by atoms with Crippen LogP contribution in [0.25, 0.3) is 0 Å². The van der Waals surface area contributed by atoms with Gasteiger partial charge >= 0.3 is 0 Å². The van der Waals surface area contributed by atoms with E-state index in [2.05, 4.69) is 12.2 Å². The first-order chi connectivity index (χ1) is 8.81. The Labute approximate surface area is 113 Å². The van der Waals surface area contributed by atoms with E-state index < -0.39 is 0 Å². The Morgan fingerprint density at radius 3 is 2.89 bits per heavy atom. The molecule has 2 rings (SSSR count). The molecule has 4 heteroatoms. The van der Waals surface area contributed by atoms with Gasteiger partial charge in [-0.05, 0) is 43.6 Å². The van der Waals surface area contributed by atoms with E-state index in [-0.39, 0.29) is 0 Å². The Bertz CT molecular complexity index is 396. The van der Waals surface area contributed by atoms with Gasteiger partial charge < -0.3 is 14.8 Å². The molecular weight excluding hydrogens is 250 g/mol. The molecule has 3 nitrogen and oxygen atoms in total. The molecule has 0 radical (unpaired) electrons. The summed E-state index contributed by atoms with van der Waals surface area (Å²) in [6.07, 6.45) is 3.01. The van der Waals surface area contributed by atoms with Crippen LogP contribution in [0, 0.1) is 0 Å². The lowest BCUT2D eigenvalue weighted by atomic mass is 10.1. The minimum absolute atomic E-state index is 0.653. The zero-order chi connectivity index (χ0) is 12.8. The van der Waals surface area contributed by atoms with Gasteiger partial charge in [0.1, 0.15) is 0 Å². The topological polar surface area (TPSA) is 30.5 Å². The summed E-state index contributed by atoms with van der Waals surface area (Å²) in [5.41, 5.74) is 1.19. The summed E-state index contributed by atoms with van der Waals surface area (Å²) in [5, 5.41) is 4.03. The molecule has 100 valence electrons. The summed E-state index contributed by atoms with van der Waals surface area (Å²) in [4.78, 5) is 0. The van der Waals surface area contributed by atoms with Crippen LogP contribution in [0.3, 0.4) is 0 Å². The van der Waals surface area contributed by atoms with Gasteiger partial charge in [-0.1, -0.05) is 18.5 Å². The lowest BCUT2D eigenvalue weighted by Gasteiger charge is -2.11. The van der Waals surface area contributed by atoms with E-state index >= 15 is 0 Å². The van der Waals surface area contributed by atoms with Crippen molar-refractivity contribution in [1.82, 2.24) is 5.32 Å². The number of nitrogens with one attached hydrogen (secondary N) is 1. The molecule has 1 aromatic carbocycles. The lowest BCUT2D eigenvalue weighted by Crippen LogP contribution is -2.17. The van der Waals surface area contributed by atoms with E-state index in [4.69, 9.17) is 21.1 Å². The van der Waals surface area contributed by atoms with E-state index in [0.29, 0.717) is 24.0 Å². The molecule has 0 aromatic heterocycles. The fourth-order valence-electron chi connectivity index (χ4n) is 1.96. The highest BCUT2D eigenvalue weighted by Crippen LogP contribution is 2.37. The normalized spacial score (nSPS) is 14.3. The van der Waals surface area contributed by atoms with Crippen molar-refractivity contribution in [2.45, 2.75) is 26.2 Å². The fourth-order valence-corrected chi connectivity index (χ4v) is 2.25. The molecule has 18 heavy (non-hydrogen) atoms. The molecular formula is C14H20ClNO2. The summed E-state index contributed by atoms with van der Waals surface area (Å²) in [5.74, 6) is 1.48. The van der Waals surface area contributed by atoms with Crippen LogP contribution in [0.4, 0.5) is 0 Å². The van der Waals surface area contributed by atoms with Crippen molar-refractivity contribution in [3.05, 3.63) is 22.7 Å². The van der Waals surface area contributed by atoms with Crippen LogP contribution in [0.1, 0.15) is 25.3 Å². The molecule has 0 saturated heterocycles. The quantitative estimate of drug-likeness (QED) is 0.834. The van der Waals surface area contributed by atoms with Crippen LogP contribution < -0.4 is 14.8 Å². The van der Waals surface area contributed by atoms with Crippen molar-refractivity contribution >= 4 is 11.6 Å². The molecule has 0 fully saturated rings. The van der Waals surface area contributed by atoms with Gasteiger partial charge in [-0.3, -0.25) is 0 Å². The van der Waals surface area contributed by atoms with Crippen LogP contribution in [0.15, 0.2) is 12.1 Å². The first-order valence-electron chi connectivity index (χ1n) is 6.60. The van der Waals surface area contributed by atoms with Gasteiger partial charge in [0.05, 0.1) is 18.2 Å². The highest BCUT2D eigenvalue weighted by Gasteiger charge is 2.15.